The molecule has 1 aliphatic heterocycles. The van der Waals surface area contributed by atoms with E-state index >= 15 is 0 Å². The van der Waals surface area contributed by atoms with Gasteiger partial charge in [0.1, 0.15) is 0 Å². The van der Waals surface area contributed by atoms with Crippen molar-refractivity contribution in [2.45, 2.75) is 25.9 Å². The Kier molecular flexibility index (Phi) is 3.54. The molecule has 94 valence electrons. The van der Waals surface area contributed by atoms with E-state index in [1.54, 1.807) is 0 Å². The summed E-state index contributed by atoms with van der Waals surface area (Å²) in [4.78, 5) is 2.23. The number of benzene rings is 1. The monoisotopic (exact) mass is 236 g/mol. The molecule has 4 nitrogen and oxygen atoms in total. The lowest BCUT2D eigenvalue weighted by Crippen LogP contribution is -2.33. The van der Waals surface area contributed by atoms with Crippen LogP contribution in [-0.4, -0.2) is 31.3 Å². The summed E-state index contributed by atoms with van der Waals surface area (Å²) in [5, 5.41) is 0. The second-order valence-corrected chi connectivity index (χ2v) is 4.75. The van der Waals surface area contributed by atoms with Crippen molar-refractivity contribution in [1.29, 1.82) is 0 Å². The molecule has 4 heteroatoms. The minimum Gasteiger partial charge on any atom is -0.454 e. The Morgan fingerprint density at radius 1 is 1.29 bits per heavy atom. The number of fused-ring (bicyclic) bond motifs is 1. The minimum atomic E-state index is -0.00287. The minimum absolute atomic E-state index is 0.00287. The van der Waals surface area contributed by atoms with Gasteiger partial charge in [-0.25, -0.2) is 0 Å². The summed E-state index contributed by atoms with van der Waals surface area (Å²) in [6, 6.07) is 6.40. The molecule has 1 aromatic carbocycles. The van der Waals surface area contributed by atoms with Crippen molar-refractivity contribution >= 4 is 0 Å². The van der Waals surface area contributed by atoms with Crippen molar-refractivity contribution in [2.24, 2.45) is 5.73 Å². The van der Waals surface area contributed by atoms with Gasteiger partial charge < -0.3 is 20.1 Å². The zero-order valence-corrected chi connectivity index (χ0v) is 10.6. The maximum absolute atomic E-state index is 6.19. The molecule has 0 radical (unpaired) electrons. The first kappa shape index (κ1) is 12.2. The number of nitrogens with zero attached hydrogens (tertiary/aromatic N) is 1. The van der Waals surface area contributed by atoms with Crippen LogP contribution in [0, 0.1) is 0 Å². The van der Waals surface area contributed by atoms with Gasteiger partial charge in [0.15, 0.2) is 11.5 Å². The van der Waals surface area contributed by atoms with Crippen molar-refractivity contribution in [3.63, 3.8) is 0 Å². The third kappa shape index (κ3) is 2.70. The van der Waals surface area contributed by atoms with Gasteiger partial charge in [0.05, 0.1) is 0 Å². The lowest BCUT2D eigenvalue weighted by molar-refractivity contribution is 0.174. The van der Waals surface area contributed by atoms with E-state index in [4.69, 9.17) is 15.2 Å². The van der Waals surface area contributed by atoms with Crippen LogP contribution in [0.4, 0.5) is 0 Å². The van der Waals surface area contributed by atoms with Gasteiger partial charge in [-0.1, -0.05) is 6.07 Å². The summed E-state index contributed by atoms with van der Waals surface area (Å²) in [5.41, 5.74) is 7.27. The number of hydrogen-bond acceptors (Lipinski definition) is 4. The van der Waals surface area contributed by atoms with E-state index in [2.05, 4.69) is 25.8 Å². The molecule has 0 fully saturated rings. The van der Waals surface area contributed by atoms with E-state index in [-0.39, 0.29) is 6.04 Å². The molecule has 0 amide bonds. The molecule has 0 aromatic heterocycles. The van der Waals surface area contributed by atoms with Gasteiger partial charge in [0, 0.05) is 18.6 Å². The summed E-state index contributed by atoms with van der Waals surface area (Å²) in [6.07, 6.45) is 0. The topological polar surface area (TPSA) is 47.7 Å². The molecule has 0 bridgehead atoms. The maximum atomic E-state index is 6.19. The molecule has 0 spiro atoms. The van der Waals surface area contributed by atoms with Gasteiger partial charge >= 0.3 is 0 Å². The van der Waals surface area contributed by atoms with Crippen LogP contribution in [-0.2, 0) is 0 Å². The highest BCUT2D eigenvalue weighted by Crippen LogP contribution is 2.33. The van der Waals surface area contributed by atoms with Crippen LogP contribution >= 0.6 is 0 Å². The van der Waals surface area contributed by atoms with Crippen molar-refractivity contribution in [1.82, 2.24) is 4.90 Å². The maximum Gasteiger partial charge on any atom is 0.231 e. The Labute approximate surface area is 102 Å². The molecule has 1 heterocycles. The number of ether oxygens (including phenoxy) is 2. The highest BCUT2D eigenvalue weighted by Gasteiger charge is 2.17. The van der Waals surface area contributed by atoms with Crippen LogP contribution in [0.3, 0.4) is 0 Å². The van der Waals surface area contributed by atoms with Gasteiger partial charge in [-0.05, 0) is 38.6 Å². The first-order valence-electron chi connectivity index (χ1n) is 5.93. The Morgan fingerprint density at radius 2 is 2.00 bits per heavy atom. The predicted molar refractivity (Wildman–Crippen MR) is 67.3 cm³/mol. The summed E-state index contributed by atoms with van der Waals surface area (Å²) < 4.78 is 10.6. The smallest absolute Gasteiger partial charge is 0.231 e. The Bertz CT molecular complexity index is 393. The highest BCUT2D eigenvalue weighted by molar-refractivity contribution is 5.45. The SMILES string of the molecule is CC(C)N(C)CC(N)c1ccc2c(c1)OCO2. The normalized spacial score (nSPS) is 15.6. The molecule has 17 heavy (non-hydrogen) atoms. The van der Waals surface area contributed by atoms with E-state index in [0.29, 0.717) is 12.8 Å². The Balaban J connectivity index is 2.07. The summed E-state index contributed by atoms with van der Waals surface area (Å²) >= 11 is 0. The molecular weight excluding hydrogens is 216 g/mol. The molecule has 0 aliphatic carbocycles. The van der Waals surface area contributed by atoms with Gasteiger partial charge in [0.2, 0.25) is 6.79 Å². The Hall–Kier alpha value is -1.26. The van der Waals surface area contributed by atoms with Crippen LogP contribution in [0.15, 0.2) is 18.2 Å². The third-order valence-corrected chi connectivity index (χ3v) is 3.19. The Morgan fingerprint density at radius 3 is 2.71 bits per heavy atom. The average Bonchev–Trinajstić information content (AvgIpc) is 2.75. The predicted octanol–water partition coefficient (Wildman–Crippen LogP) is 1.76. The summed E-state index contributed by atoms with van der Waals surface area (Å²) in [5.74, 6) is 1.60. The van der Waals surface area contributed by atoms with Crippen molar-refractivity contribution in [3.05, 3.63) is 23.8 Å². The molecule has 1 atom stereocenters. The molecule has 0 saturated heterocycles. The number of likely N-dealkylation sites (N-methyl/N-ethyl adjacent to an activating group) is 1. The van der Waals surface area contributed by atoms with Gasteiger partial charge in [-0.2, -0.15) is 0 Å². The molecule has 1 aliphatic rings. The number of hydrogen-bond donors (Lipinski definition) is 1. The fourth-order valence-electron chi connectivity index (χ4n) is 1.77. The van der Waals surface area contributed by atoms with Crippen molar-refractivity contribution in [2.75, 3.05) is 20.4 Å². The number of nitrogens with two attached hydrogens (primary N) is 1. The van der Waals surface area contributed by atoms with E-state index in [0.717, 1.165) is 23.6 Å². The quantitative estimate of drug-likeness (QED) is 0.865. The van der Waals surface area contributed by atoms with Gasteiger partial charge in [0.25, 0.3) is 0 Å². The lowest BCUT2D eigenvalue weighted by atomic mass is 10.1. The van der Waals surface area contributed by atoms with Crippen molar-refractivity contribution < 1.29 is 9.47 Å². The fourth-order valence-corrected chi connectivity index (χ4v) is 1.77. The van der Waals surface area contributed by atoms with Crippen LogP contribution in [0.25, 0.3) is 0 Å². The summed E-state index contributed by atoms with van der Waals surface area (Å²) in [7, 11) is 2.08. The summed E-state index contributed by atoms with van der Waals surface area (Å²) in [6.45, 7) is 5.45. The lowest BCUT2D eigenvalue weighted by Gasteiger charge is -2.25. The largest absolute Gasteiger partial charge is 0.454 e. The van der Waals surface area contributed by atoms with E-state index in [1.165, 1.54) is 0 Å². The first-order valence-corrected chi connectivity index (χ1v) is 5.93. The number of rotatable bonds is 4. The molecule has 1 aromatic rings. The van der Waals surface area contributed by atoms with E-state index in [1.807, 2.05) is 18.2 Å². The van der Waals surface area contributed by atoms with Crippen LogP contribution in [0.1, 0.15) is 25.5 Å². The highest BCUT2D eigenvalue weighted by atomic mass is 16.7. The second kappa shape index (κ2) is 4.94. The van der Waals surface area contributed by atoms with Crippen LogP contribution in [0.2, 0.25) is 0 Å². The standard InChI is InChI=1S/C13H20N2O2/c1-9(2)15(3)7-11(14)10-4-5-12-13(6-10)17-8-16-12/h4-6,9,11H,7-8,14H2,1-3H3. The zero-order valence-electron chi connectivity index (χ0n) is 10.6. The zero-order chi connectivity index (χ0) is 12.4. The van der Waals surface area contributed by atoms with E-state index in [9.17, 15) is 0 Å². The van der Waals surface area contributed by atoms with Gasteiger partial charge in [-0.3, -0.25) is 0 Å². The first-order chi connectivity index (χ1) is 8.08. The molecule has 1 unspecified atom stereocenters. The third-order valence-electron chi connectivity index (χ3n) is 3.19. The van der Waals surface area contributed by atoms with Crippen LogP contribution < -0.4 is 15.2 Å². The second-order valence-electron chi connectivity index (χ2n) is 4.75. The fraction of sp³-hybridized carbons (Fsp3) is 0.538. The molecular formula is C13H20N2O2. The van der Waals surface area contributed by atoms with Crippen molar-refractivity contribution in [3.8, 4) is 11.5 Å². The molecule has 2 N–H and O–H groups in total. The van der Waals surface area contributed by atoms with Gasteiger partial charge in [-0.15, -0.1) is 0 Å². The molecule has 2 rings (SSSR count). The van der Waals surface area contributed by atoms with Crippen LogP contribution in [0.5, 0.6) is 11.5 Å². The molecule has 0 saturated carbocycles. The van der Waals surface area contributed by atoms with E-state index < -0.39 is 0 Å². The average molecular weight is 236 g/mol.